The number of benzene rings is 2. The highest BCUT2D eigenvalue weighted by Gasteiger charge is 2.36. The van der Waals surface area contributed by atoms with Crippen molar-refractivity contribution in [2.24, 2.45) is 11.8 Å². The highest BCUT2D eigenvalue weighted by Crippen LogP contribution is 2.41. The highest BCUT2D eigenvalue weighted by atomic mass is 16.6. The molecule has 148 valence electrons. The topological polar surface area (TPSA) is 47.6 Å². The molecule has 1 saturated heterocycles. The molecule has 3 fully saturated rings. The van der Waals surface area contributed by atoms with Crippen molar-refractivity contribution in [3.8, 4) is 5.75 Å². The van der Waals surface area contributed by atoms with Gasteiger partial charge in [-0.05, 0) is 72.6 Å². The van der Waals surface area contributed by atoms with Crippen LogP contribution in [0.4, 0.5) is 4.79 Å². The summed E-state index contributed by atoms with van der Waals surface area (Å²) in [7, 11) is 0. The lowest BCUT2D eigenvalue weighted by Crippen LogP contribution is -2.37. The molecule has 2 aromatic carbocycles. The standard InChI is InChI=1S/C24H29NO3/c1-24(15-27-23(26)25-24)20-9-6-19-14-22(11-8-18(19)12-20)28-21-10-7-16-4-2-3-5-17(16)13-21/h6,8-9,11-12,14,16-17,21H,2-5,7,10,13,15H2,1H3,(H,25,26). The van der Waals surface area contributed by atoms with Crippen LogP contribution in [0.3, 0.4) is 0 Å². The third-order valence-corrected chi connectivity index (χ3v) is 7.11. The molecule has 4 heteroatoms. The number of amides is 1. The molecule has 4 nitrogen and oxygen atoms in total. The van der Waals surface area contributed by atoms with Gasteiger partial charge in [0, 0.05) is 0 Å². The van der Waals surface area contributed by atoms with Gasteiger partial charge in [0.25, 0.3) is 0 Å². The van der Waals surface area contributed by atoms with E-state index < -0.39 is 5.54 Å². The summed E-state index contributed by atoms with van der Waals surface area (Å²) >= 11 is 0. The van der Waals surface area contributed by atoms with E-state index in [1.807, 2.05) is 6.92 Å². The summed E-state index contributed by atoms with van der Waals surface area (Å²) in [6.45, 7) is 2.36. The van der Waals surface area contributed by atoms with Gasteiger partial charge in [0.2, 0.25) is 0 Å². The van der Waals surface area contributed by atoms with Gasteiger partial charge in [0.1, 0.15) is 12.4 Å². The molecule has 1 heterocycles. The molecular formula is C24H29NO3. The normalized spacial score (nSPS) is 32.5. The summed E-state index contributed by atoms with van der Waals surface area (Å²) in [5.74, 6) is 2.80. The summed E-state index contributed by atoms with van der Waals surface area (Å²) in [5.41, 5.74) is 0.606. The highest BCUT2D eigenvalue weighted by molar-refractivity contribution is 5.85. The molecule has 0 spiro atoms. The van der Waals surface area contributed by atoms with E-state index in [1.165, 1.54) is 50.3 Å². The van der Waals surface area contributed by atoms with Gasteiger partial charge in [-0.15, -0.1) is 0 Å². The second-order valence-electron chi connectivity index (χ2n) is 9.11. The third kappa shape index (κ3) is 3.34. The van der Waals surface area contributed by atoms with Crippen molar-refractivity contribution in [3.05, 3.63) is 42.0 Å². The molecule has 1 aliphatic heterocycles. The molecule has 5 rings (SSSR count). The molecule has 2 aromatic rings. The third-order valence-electron chi connectivity index (χ3n) is 7.11. The van der Waals surface area contributed by atoms with Gasteiger partial charge in [0.15, 0.2) is 0 Å². The van der Waals surface area contributed by atoms with Crippen LogP contribution in [0.2, 0.25) is 0 Å². The number of alkyl carbamates (subject to hydrolysis) is 1. The molecule has 2 aliphatic carbocycles. The maximum absolute atomic E-state index is 11.5. The molecule has 0 radical (unpaired) electrons. The van der Waals surface area contributed by atoms with Crippen LogP contribution in [0.25, 0.3) is 10.8 Å². The number of cyclic esters (lactones) is 1. The maximum atomic E-state index is 11.5. The van der Waals surface area contributed by atoms with Crippen LogP contribution >= 0.6 is 0 Å². The largest absolute Gasteiger partial charge is 0.490 e. The zero-order valence-electron chi connectivity index (χ0n) is 16.6. The summed E-state index contributed by atoms with van der Waals surface area (Å²) < 4.78 is 11.5. The molecular weight excluding hydrogens is 350 g/mol. The minimum Gasteiger partial charge on any atom is -0.490 e. The Morgan fingerprint density at radius 1 is 1.00 bits per heavy atom. The molecule has 2 saturated carbocycles. The Morgan fingerprint density at radius 2 is 1.79 bits per heavy atom. The number of carbonyl (C=O) groups is 1. The van der Waals surface area contributed by atoms with E-state index in [0.717, 1.165) is 28.5 Å². The Bertz CT molecular complexity index is 895. The first-order valence-corrected chi connectivity index (χ1v) is 10.7. The van der Waals surface area contributed by atoms with Gasteiger partial charge in [-0.1, -0.05) is 43.9 Å². The summed E-state index contributed by atoms with van der Waals surface area (Å²) in [5, 5.41) is 5.24. The fourth-order valence-electron chi connectivity index (χ4n) is 5.43. The van der Waals surface area contributed by atoms with Gasteiger partial charge >= 0.3 is 6.09 Å². The lowest BCUT2D eigenvalue weighted by Gasteiger charge is -2.39. The van der Waals surface area contributed by atoms with Crippen molar-refractivity contribution >= 4 is 16.9 Å². The smallest absolute Gasteiger partial charge is 0.408 e. The molecule has 1 amide bonds. The van der Waals surface area contributed by atoms with Crippen LogP contribution in [0, 0.1) is 11.8 Å². The molecule has 3 aliphatic rings. The van der Waals surface area contributed by atoms with Crippen LogP contribution in [-0.4, -0.2) is 18.8 Å². The van der Waals surface area contributed by atoms with Crippen LogP contribution in [0.5, 0.6) is 5.75 Å². The minimum atomic E-state index is -0.459. The van der Waals surface area contributed by atoms with E-state index in [-0.39, 0.29) is 6.09 Å². The van der Waals surface area contributed by atoms with Gasteiger partial charge < -0.3 is 14.8 Å². The summed E-state index contributed by atoms with van der Waals surface area (Å²) in [6, 6.07) is 12.7. The predicted molar refractivity (Wildman–Crippen MR) is 109 cm³/mol. The second-order valence-corrected chi connectivity index (χ2v) is 9.11. The van der Waals surface area contributed by atoms with E-state index in [1.54, 1.807) is 0 Å². The van der Waals surface area contributed by atoms with Crippen molar-refractivity contribution in [2.45, 2.75) is 63.5 Å². The van der Waals surface area contributed by atoms with Crippen LogP contribution in [0.15, 0.2) is 36.4 Å². The monoisotopic (exact) mass is 379 g/mol. The second kappa shape index (κ2) is 6.98. The molecule has 28 heavy (non-hydrogen) atoms. The summed E-state index contributed by atoms with van der Waals surface area (Å²) in [4.78, 5) is 11.5. The van der Waals surface area contributed by atoms with E-state index in [2.05, 4.69) is 41.7 Å². The van der Waals surface area contributed by atoms with Crippen LogP contribution in [0.1, 0.15) is 57.4 Å². The van der Waals surface area contributed by atoms with E-state index in [4.69, 9.17) is 9.47 Å². The number of nitrogens with one attached hydrogen (secondary N) is 1. The quantitative estimate of drug-likeness (QED) is 0.762. The van der Waals surface area contributed by atoms with Crippen molar-refractivity contribution < 1.29 is 14.3 Å². The molecule has 4 atom stereocenters. The van der Waals surface area contributed by atoms with Crippen molar-refractivity contribution in [3.63, 3.8) is 0 Å². The molecule has 1 N–H and O–H groups in total. The SMILES string of the molecule is CC1(c2ccc3cc(OC4CCC5CCCCC5C4)ccc3c2)COC(=O)N1. The lowest BCUT2D eigenvalue weighted by molar-refractivity contribution is 0.0648. The molecule has 0 bridgehead atoms. The Labute approximate surface area is 166 Å². The zero-order valence-corrected chi connectivity index (χ0v) is 16.6. The average molecular weight is 380 g/mol. The number of hydrogen-bond donors (Lipinski definition) is 1. The van der Waals surface area contributed by atoms with Crippen molar-refractivity contribution in [1.82, 2.24) is 5.32 Å². The predicted octanol–water partition coefficient (Wildman–Crippen LogP) is 5.53. The lowest BCUT2D eigenvalue weighted by atomic mass is 9.70. The van der Waals surface area contributed by atoms with E-state index in [9.17, 15) is 4.79 Å². The van der Waals surface area contributed by atoms with Crippen molar-refractivity contribution in [1.29, 1.82) is 0 Å². The first-order chi connectivity index (χ1) is 13.6. The Kier molecular flexibility index (Phi) is 4.45. The number of hydrogen-bond acceptors (Lipinski definition) is 3. The molecule has 4 unspecified atom stereocenters. The minimum absolute atomic E-state index is 0.348. The maximum Gasteiger partial charge on any atom is 0.408 e. The fraction of sp³-hybridized carbons (Fsp3) is 0.542. The number of carbonyl (C=O) groups excluding carboxylic acids is 1. The Balaban J connectivity index is 1.31. The van der Waals surface area contributed by atoms with Crippen LogP contribution in [-0.2, 0) is 10.3 Å². The fourth-order valence-corrected chi connectivity index (χ4v) is 5.43. The van der Waals surface area contributed by atoms with Gasteiger partial charge in [-0.25, -0.2) is 4.79 Å². The van der Waals surface area contributed by atoms with Gasteiger partial charge in [-0.2, -0.15) is 0 Å². The number of rotatable bonds is 3. The van der Waals surface area contributed by atoms with Gasteiger partial charge in [-0.3, -0.25) is 0 Å². The first-order valence-electron chi connectivity index (χ1n) is 10.7. The number of fused-ring (bicyclic) bond motifs is 2. The molecule has 0 aromatic heterocycles. The Hall–Kier alpha value is -2.23. The summed E-state index contributed by atoms with van der Waals surface area (Å²) in [6.07, 6.45) is 9.41. The van der Waals surface area contributed by atoms with Crippen molar-refractivity contribution in [2.75, 3.05) is 6.61 Å². The Morgan fingerprint density at radius 3 is 2.61 bits per heavy atom. The average Bonchev–Trinajstić information content (AvgIpc) is 3.07. The van der Waals surface area contributed by atoms with E-state index >= 15 is 0 Å². The van der Waals surface area contributed by atoms with E-state index in [0.29, 0.717) is 12.7 Å². The first kappa shape index (κ1) is 17.8. The zero-order chi connectivity index (χ0) is 19.1. The van der Waals surface area contributed by atoms with Crippen LogP contribution < -0.4 is 10.1 Å². The van der Waals surface area contributed by atoms with Gasteiger partial charge in [0.05, 0.1) is 11.6 Å². The number of ether oxygens (including phenoxy) is 2.